The Morgan fingerprint density at radius 2 is 1.50 bits per heavy atom. The van der Waals surface area contributed by atoms with Gasteiger partial charge in [0, 0.05) is 5.02 Å². The molecule has 0 heterocycles. The van der Waals surface area contributed by atoms with Gasteiger partial charge in [-0.2, -0.15) is 0 Å². The Balaban J connectivity index is 0.000000260. The van der Waals surface area contributed by atoms with Crippen molar-refractivity contribution >= 4 is 11.6 Å². The zero-order valence-electron chi connectivity index (χ0n) is 17.2. The third kappa shape index (κ3) is 11.2. The van der Waals surface area contributed by atoms with Crippen LogP contribution in [0.5, 0.6) is 5.75 Å². The van der Waals surface area contributed by atoms with Crippen molar-refractivity contribution in [2.45, 2.75) is 60.7 Å². The summed E-state index contributed by atoms with van der Waals surface area (Å²) in [6.45, 7) is 16.1. The second-order valence-corrected chi connectivity index (χ2v) is 9.13. The third-order valence-electron chi connectivity index (χ3n) is 3.25. The average molecular weight is 377 g/mol. The summed E-state index contributed by atoms with van der Waals surface area (Å²) in [5.41, 5.74) is 2.54. The van der Waals surface area contributed by atoms with Crippen molar-refractivity contribution in [3.63, 3.8) is 0 Å². The molecule has 2 nitrogen and oxygen atoms in total. The summed E-state index contributed by atoms with van der Waals surface area (Å²) in [4.78, 5) is 0. The van der Waals surface area contributed by atoms with Crippen LogP contribution in [0.4, 0.5) is 0 Å². The number of benzene rings is 2. The van der Waals surface area contributed by atoms with E-state index in [1.165, 1.54) is 5.56 Å². The minimum absolute atomic E-state index is 0.0837. The summed E-state index contributed by atoms with van der Waals surface area (Å²) < 4.78 is 11.3. The monoisotopic (exact) mass is 376 g/mol. The lowest BCUT2D eigenvalue weighted by Gasteiger charge is -2.19. The van der Waals surface area contributed by atoms with Gasteiger partial charge in [-0.3, -0.25) is 0 Å². The molecule has 0 amide bonds. The summed E-state index contributed by atoms with van der Waals surface area (Å²) in [6, 6.07) is 15.9. The van der Waals surface area contributed by atoms with E-state index in [1.54, 1.807) is 0 Å². The van der Waals surface area contributed by atoms with E-state index in [-0.39, 0.29) is 11.0 Å². The zero-order chi connectivity index (χ0) is 19.8. The summed E-state index contributed by atoms with van der Waals surface area (Å²) >= 11 is 5.76. The van der Waals surface area contributed by atoms with Crippen LogP contribution >= 0.6 is 11.6 Å². The van der Waals surface area contributed by atoms with Crippen molar-refractivity contribution < 1.29 is 9.47 Å². The molecule has 144 valence electrons. The standard InChI is InChI=1S/C12H18O.C11H15ClO/c1-10-6-5-7-11(8-10)13-9-12(2,3)4;1-11(2,3)13-8-9-4-6-10(12)7-5-9/h5-8H,9H2,1-4H3;4-7H,8H2,1-3H3. The zero-order valence-corrected chi connectivity index (χ0v) is 18.0. The van der Waals surface area contributed by atoms with Crippen molar-refractivity contribution in [1.82, 2.24) is 0 Å². The summed E-state index contributed by atoms with van der Waals surface area (Å²) in [6.07, 6.45) is 0. The molecule has 0 saturated heterocycles. The molecule has 0 radical (unpaired) electrons. The molecule has 0 saturated carbocycles. The first kappa shape index (κ1) is 22.5. The first-order chi connectivity index (χ1) is 11.9. The van der Waals surface area contributed by atoms with Crippen LogP contribution in [0.1, 0.15) is 52.7 Å². The molecule has 0 aromatic heterocycles. The van der Waals surface area contributed by atoms with Gasteiger partial charge in [-0.1, -0.05) is 56.6 Å². The summed E-state index contributed by atoms with van der Waals surface area (Å²) in [5.74, 6) is 0.968. The minimum atomic E-state index is -0.0837. The molecule has 0 unspecified atom stereocenters. The van der Waals surface area contributed by atoms with Gasteiger partial charge in [-0.15, -0.1) is 0 Å². The number of aryl methyl sites for hydroxylation is 1. The fraction of sp³-hybridized carbons (Fsp3) is 0.478. The van der Waals surface area contributed by atoms with Crippen LogP contribution in [0.15, 0.2) is 48.5 Å². The molecule has 0 fully saturated rings. The van der Waals surface area contributed by atoms with Gasteiger partial charge in [0.25, 0.3) is 0 Å². The number of ether oxygens (including phenoxy) is 2. The second-order valence-electron chi connectivity index (χ2n) is 8.69. The van der Waals surface area contributed by atoms with Crippen LogP contribution in [-0.2, 0) is 11.3 Å². The highest BCUT2D eigenvalue weighted by molar-refractivity contribution is 6.30. The smallest absolute Gasteiger partial charge is 0.119 e. The number of hydrogen-bond donors (Lipinski definition) is 0. The van der Waals surface area contributed by atoms with Crippen LogP contribution < -0.4 is 4.74 Å². The first-order valence-corrected chi connectivity index (χ1v) is 9.40. The van der Waals surface area contributed by atoms with Crippen LogP contribution in [0.3, 0.4) is 0 Å². The normalized spacial score (nSPS) is 11.5. The molecule has 0 atom stereocenters. The number of rotatable bonds is 4. The van der Waals surface area contributed by atoms with E-state index in [2.05, 4.69) is 39.8 Å². The Kier molecular flexibility index (Phi) is 8.66. The molecular weight excluding hydrogens is 344 g/mol. The maximum Gasteiger partial charge on any atom is 0.119 e. The molecule has 0 aliphatic rings. The van der Waals surface area contributed by atoms with E-state index < -0.39 is 0 Å². The predicted molar refractivity (Wildman–Crippen MR) is 112 cm³/mol. The largest absolute Gasteiger partial charge is 0.493 e. The van der Waals surface area contributed by atoms with Crippen molar-refractivity contribution in [2.75, 3.05) is 6.61 Å². The predicted octanol–water partition coefficient (Wildman–Crippen LogP) is 7.08. The third-order valence-corrected chi connectivity index (χ3v) is 3.50. The molecule has 2 rings (SSSR count). The van der Waals surface area contributed by atoms with Crippen molar-refractivity contribution in [1.29, 1.82) is 0 Å². The molecule has 3 heteroatoms. The van der Waals surface area contributed by atoms with Gasteiger partial charge in [-0.05, 0) is 68.5 Å². The van der Waals surface area contributed by atoms with Gasteiger partial charge in [-0.25, -0.2) is 0 Å². The summed E-state index contributed by atoms with van der Waals surface area (Å²) in [5, 5.41) is 0.763. The summed E-state index contributed by atoms with van der Waals surface area (Å²) in [7, 11) is 0. The lowest BCUT2D eigenvalue weighted by molar-refractivity contribution is -0.0149. The Labute approximate surface area is 164 Å². The molecule has 0 spiro atoms. The van der Waals surface area contributed by atoms with Crippen LogP contribution in [0.25, 0.3) is 0 Å². The van der Waals surface area contributed by atoms with E-state index in [1.807, 2.05) is 57.2 Å². The highest BCUT2D eigenvalue weighted by atomic mass is 35.5. The van der Waals surface area contributed by atoms with Gasteiger partial charge < -0.3 is 9.47 Å². The Hall–Kier alpha value is -1.51. The van der Waals surface area contributed by atoms with Gasteiger partial charge in [0.1, 0.15) is 5.75 Å². The van der Waals surface area contributed by atoms with Crippen LogP contribution in [-0.4, -0.2) is 12.2 Å². The average Bonchev–Trinajstić information content (AvgIpc) is 2.52. The van der Waals surface area contributed by atoms with Crippen molar-refractivity contribution in [3.05, 3.63) is 64.7 Å². The fourth-order valence-corrected chi connectivity index (χ4v) is 2.01. The van der Waals surface area contributed by atoms with Gasteiger partial charge in [0.15, 0.2) is 0 Å². The van der Waals surface area contributed by atoms with E-state index in [0.717, 1.165) is 22.9 Å². The van der Waals surface area contributed by atoms with Crippen LogP contribution in [0.2, 0.25) is 5.02 Å². The lowest BCUT2D eigenvalue weighted by Crippen LogP contribution is -2.18. The molecule has 2 aromatic carbocycles. The molecule has 0 aliphatic heterocycles. The Bertz CT molecular complexity index is 649. The topological polar surface area (TPSA) is 18.5 Å². The molecule has 0 aliphatic carbocycles. The first-order valence-electron chi connectivity index (χ1n) is 9.02. The highest BCUT2D eigenvalue weighted by Crippen LogP contribution is 2.18. The van der Waals surface area contributed by atoms with Gasteiger partial charge >= 0.3 is 0 Å². The number of halogens is 1. The van der Waals surface area contributed by atoms with E-state index in [0.29, 0.717) is 6.61 Å². The van der Waals surface area contributed by atoms with Crippen molar-refractivity contribution in [3.8, 4) is 5.75 Å². The van der Waals surface area contributed by atoms with Gasteiger partial charge in [0.2, 0.25) is 0 Å². The fourth-order valence-electron chi connectivity index (χ4n) is 1.89. The molecular formula is C23H33ClO2. The maximum atomic E-state index is 5.76. The molecule has 26 heavy (non-hydrogen) atoms. The highest BCUT2D eigenvalue weighted by Gasteiger charge is 2.11. The molecule has 0 bridgehead atoms. The van der Waals surface area contributed by atoms with E-state index in [4.69, 9.17) is 21.1 Å². The Morgan fingerprint density at radius 3 is 2.00 bits per heavy atom. The molecule has 2 aromatic rings. The molecule has 0 N–H and O–H groups in total. The second kappa shape index (κ2) is 9.99. The Morgan fingerprint density at radius 1 is 0.885 bits per heavy atom. The number of hydrogen-bond acceptors (Lipinski definition) is 2. The van der Waals surface area contributed by atoms with E-state index in [9.17, 15) is 0 Å². The van der Waals surface area contributed by atoms with Crippen LogP contribution in [0, 0.1) is 12.3 Å². The van der Waals surface area contributed by atoms with E-state index >= 15 is 0 Å². The lowest BCUT2D eigenvalue weighted by atomic mass is 9.99. The SMILES string of the molecule is CC(C)(C)OCc1ccc(Cl)cc1.Cc1cccc(OCC(C)(C)C)c1. The van der Waals surface area contributed by atoms with Gasteiger partial charge in [0.05, 0.1) is 18.8 Å². The quantitative estimate of drug-likeness (QED) is 0.567. The maximum absolute atomic E-state index is 5.76. The van der Waals surface area contributed by atoms with Crippen molar-refractivity contribution in [2.24, 2.45) is 5.41 Å². The minimum Gasteiger partial charge on any atom is -0.493 e.